The molecule has 2 aliphatic rings. The molecular formula is C20H23Cl2N5O. The van der Waals surface area contributed by atoms with E-state index in [-0.39, 0.29) is 18.0 Å². The molecule has 1 aromatic heterocycles. The third-order valence-corrected chi connectivity index (χ3v) is 5.76. The van der Waals surface area contributed by atoms with Crippen molar-refractivity contribution in [3.8, 4) is 0 Å². The van der Waals surface area contributed by atoms with Crippen LogP contribution < -0.4 is 10.2 Å². The van der Waals surface area contributed by atoms with Crippen LogP contribution in [0.3, 0.4) is 0 Å². The Morgan fingerprint density at radius 2 is 1.75 bits per heavy atom. The number of aryl methyl sites for hydroxylation is 1. The van der Waals surface area contributed by atoms with Gasteiger partial charge in [-0.2, -0.15) is 4.98 Å². The second-order valence-electron chi connectivity index (χ2n) is 7.38. The lowest BCUT2D eigenvalue weighted by molar-refractivity contribution is 0.0641. The molecule has 2 saturated heterocycles. The van der Waals surface area contributed by atoms with Crippen LogP contribution in [-0.2, 0) is 0 Å². The molecule has 0 radical (unpaired) electrons. The highest BCUT2D eigenvalue weighted by Gasteiger charge is 2.43. The zero-order chi connectivity index (χ0) is 19.8. The first kappa shape index (κ1) is 19.3. The van der Waals surface area contributed by atoms with E-state index in [1.54, 1.807) is 18.2 Å². The van der Waals surface area contributed by atoms with Gasteiger partial charge in [-0.1, -0.05) is 23.2 Å². The summed E-state index contributed by atoms with van der Waals surface area (Å²) in [6.45, 7) is 6.30. The first-order valence-electron chi connectivity index (χ1n) is 9.58. The van der Waals surface area contributed by atoms with Crippen LogP contribution in [0.25, 0.3) is 0 Å². The van der Waals surface area contributed by atoms with Crippen LogP contribution in [0, 0.1) is 6.92 Å². The van der Waals surface area contributed by atoms with Crippen molar-refractivity contribution in [2.24, 2.45) is 0 Å². The molecule has 2 bridgehead atoms. The van der Waals surface area contributed by atoms with Crippen molar-refractivity contribution in [2.45, 2.75) is 38.8 Å². The number of nitrogens with zero attached hydrogens (tertiary/aromatic N) is 4. The predicted octanol–water partition coefficient (Wildman–Crippen LogP) is 4.02. The van der Waals surface area contributed by atoms with Crippen LogP contribution in [0.15, 0.2) is 24.3 Å². The van der Waals surface area contributed by atoms with Gasteiger partial charge in [0.2, 0.25) is 5.95 Å². The molecule has 6 nitrogen and oxygen atoms in total. The molecule has 0 saturated carbocycles. The molecule has 2 aromatic rings. The molecule has 3 heterocycles. The summed E-state index contributed by atoms with van der Waals surface area (Å²) in [7, 11) is 0. The Morgan fingerprint density at radius 1 is 1.11 bits per heavy atom. The number of fused-ring (bicyclic) bond motifs is 2. The summed E-state index contributed by atoms with van der Waals surface area (Å²) in [5, 5.41) is 4.15. The Hall–Kier alpha value is -2.05. The molecule has 2 atom stereocenters. The zero-order valence-electron chi connectivity index (χ0n) is 16.0. The number of halogens is 2. The number of piperazine rings is 1. The summed E-state index contributed by atoms with van der Waals surface area (Å²) in [5.74, 6) is 1.57. The van der Waals surface area contributed by atoms with Gasteiger partial charge in [0.05, 0.1) is 12.1 Å². The van der Waals surface area contributed by atoms with Crippen LogP contribution in [-0.4, -0.2) is 52.5 Å². The molecule has 0 aliphatic carbocycles. The van der Waals surface area contributed by atoms with E-state index in [1.807, 2.05) is 24.8 Å². The van der Waals surface area contributed by atoms with Crippen LogP contribution in [0.1, 0.15) is 35.8 Å². The van der Waals surface area contributed by atoms with Crippen molar-refractivity contribution in [1.29, 1.82) is 0 Å². The molecular weight excluding hydrogens is 397 g/mol. The number of aromatic nitrogens is 2. The molecule has 1 amide bonds. The van der Waals surface area contributed by atoms with Crippen molar-refractivity contribution in [1.82, 2.24) is 14.9 Å². The van der Waals surface area contributed by atoms with E-state index in [4.69, 9.17) is 23.2 Å². The van der Waals surface area contributed by atoms with E-state index in [0.717, 1.165) is 44.0 Å². The monoisotopic (exact) mass is 419 g/mol. The van der Waals surface area contributed by atoms with E-state index in [0.29, 0.717) is 21.6 Å². The van der Waals surface area contributed by atoms with Crippen molar-refractivity contribution >= 4 is 40.9 Å². The highest BCUT2D eigenvalue weighted by atomic mass is 35.5. The second kappa shape index (κ2) is 7.76. The fraction of sp³-hybridized carbons (Fsp3) is 0.450. The third-order valence-electron chi connectivity index (χ3n) is 5.33. The molecule has 4 rings (SSSR count). The third kappa shape index (κ3) is 3.76. The number of benzene rings is 1. The van der Waals surface area contributed by atoms with Gasteiger partial charge in [-0.15, -0.1) is 0 Å². The first-order valence-corrected chi connectivity index (χ1v) is 10.3. The SMILES string of the molecule is CCNc1nc(C)cc(N2CC3CCC(C2)N3C(=O)c2cc(Cl)cc(Cl)c2)n1. The van der Waals surface area contributed by atoms with Crippen molar-refractivity contribution < 1.29 is 4.79 Å². The largest absolute Gasteiger partial charge is 0.354 e. The molecule has 1 aromatic carbocycles. The predicted molar refractivity (Wildman–Crippen MR) is 113 cm³/mol. The lowest BCUT2D eigenvalue weighted by Gasteiger charge is -2.41. The Labute approximate surface area is 174 Å². The molecule has 2 fully saturated rings. The topological polar surface area (TPSA) is 61.4 Å². The minimum Gasteiger partial charge on any atom is -0.354 e. The Morgan fingerprint density at radius 3 is 2.36 bits per heavy atom. The van der Waals surface area contributed by atoms with Gasteiger partial charge in [-0.3, -0.25) is 4.79 Å². The first-order chi connectivity index (χ1) is 13.4. The lowest BCUT2D eigenvalue weighted by atomic mass is 10.1. The van der Waals surface area contributed by atoms with E-state index < -0.39 is 0 Å². The Bertz CT molecular complexity index is 872. The van der Waals surface area contributed by atoms with E-state index in [2.05, 4.69) is 20.2 Å². The van der Waals surface area contributed by atoms with Gasteiger partial charge in [0.1, 0.15) is 5.82 Å². The maximum absolute atomic E-state index is 13.2. The summed E-state index contributed by atoms with van der Waals surface area (Å²) in [5.41, 5.74) is 1.48. The lowest BCUT2D eigenvalue weighted by Crippen LogP contribution is -2.56. The molecule has 148 valence electrons. The molecule has 1 N–H and O–H groups in total. The Balaban J connectivity index is 1.56. The van der Waals surface area contributed by atoms with Crippen LogP contribution >= 0.6 is 23.2 Å². The number of hydrogen-bond acceptors (Lipinski definition) is 5. The second-order valence-corrected chi connectivity index (χ2v) is 8.25. The van der Waals surface area contributed by atoms with E-state index in [9.17, 15) is 4.79 Å². The summed E-state index contributed by atoms with van der Waals surface area (Å²) in [6.07, 6.45) is 1.98. The summed E-state index contributed by atoms with van der Waals surface area (Å²) in [4.78, 5) is 26.5. The highest BCUT2D eigenvalue weighted by molar-refractivity contribution is 6.35. The highest BCUT2D eigenvalue weighted by Crippen LogP contribution is 2.34. The van der Waals surface area contributed by atoms with E-state index in [1.165, 1.54) is 0 Å². The number of carbonyl (C=O) groups excluding carboxylic acids is 1. The fourth-order valence-electron chi connectivity index (χ4n) is 4.20. The van der Waals surface area contributed by atoms with Gasteiger partial charge in [0.25, 0.3) is 5.91 Å². The maximum atomic E-state index is 13.2. The molecule has 2 unspecified atom stereocenters. The molecule has 0 spiro atoms. The smallest absolute Gasteiger partial charge is 0.254 e. The number of amides is 1. The van der Waals surface area contributed by atoms with Gasteiger partial charge in [-0.25, -0.2) is 4.98 Å². The number of hydrogen-bond donors (Lipinski definition) is 1. The molecule has 8 heteroatoms. The minimum absolute atomic E-state index is 0.00348. The Kier molecular flexibility index (Phi) is 5.34. The van der Waals surface area contributed by atoms with Crippen LogP contribution in [0.4, 0.5) is 11.8 Å². The summed E-state index contributed by atoms with van der Waals surface area (Å²) in [6, 6.07) is 7.35. The number of carbonyl (C=O) groups is 1. The van der Waals surface area contributed by atoms with Gasteiger partial charge in [-0.05, 0) is 44.9 Å². The zero-order valence-corrected chi connectivity index (χ0v) is 17.5. The standard InChI is InChI=1S/C20H23Cl2N5O/c1-3-23-20-24-12(2)6-18(25-20)26-10-16-4-5-17(11-26)27(16)19(28)13-7-14(21)9-15(22)8-13/h6-9,16-17H,3-5,10-11H2,1-2H3,(H,23,24,25). The van der Waals surface area contributed by atoms with Crippen molar-refractivity contribution in [2.75, 3.05) is 29.9 Å². The number of rotatable bonds is 4. The van der Waals surface area contributed by atoms with Gasteiger partial charge < -0.3 is 15.1 Å². The average molecular weight is 420 g/mol. The maximum Gasteiger partial charge on any atom is 0.254 e. The van der Waals surface area contributed by atoms with Crippen LogP contribution in [0.5, 0.6) is 0 Å². The van der Waals surface area contributed by atoms with Gasteiger partial charge >= 0.3 is 0 Å². The van der Waals surface area contributed by atoms with Gasteiger partial charge in [0.15, 0.2) is 0 Å². The molecule has 28 heavy (non-hydrogen) atoms. The fourth-order valence-corrected chi connectivity index (χ4v) is 4.73. The van der Waals surface area contributed by atoms with Crippen molar-refractivity contribution in [3.63, 3.8) is 0 Å². The van der Waals surface area contributed by atoms with Gasteiger partial charge in [0, 0.05) is 47.0 Å². The summed E-state index contributed by atoms with van der Waals surface area (Å²) >= 11 is 12.2. The van der Waals surface area contributed by atoms with E-state index >= 15 is 0 Å². The van der Waals surface area contributed by atoms with Crippen LogP contribution in [0.2, 0.25) is 10.0 Å². The van der Waals surface area contributed by atoms with Crippen molar-refractivity contribution in [3.05, 3.63) is 45.6 Å². The molecule has 2 aliphatic heterocycles. The minimum atomic E-state index is 0.00348. The quantitative estimate of drug-likeness (QED) is 0.810. The normalized spacial score (nSPS) is 21.1. The summed E-state index contributed by atoms with van der Waals surface area (Å²) < 4.78 is 0. The average Bonchev–Trinajstić information content (AvgIpc) is 2.89. The number of nitrogens with one attached hydrogen (secondary N) is 1. The number of anilines is 2.